The summed E-state index contributed by atoms with van der Waals surface area (Å²) in [6.45, 7) is 3.24. The molecule has 0 aliphatic rings. The number of para-hydroxylation sites is 1. The van der Waals surface area contributed by atoms with Crippen LogP contribution in [0.2, 0.25) is 0 Å². The van der Waals surface area contributed by atoms with E-state index in [0.717, 1.165) is 23.9 Å². The van der Waals surface area contributed by atoms with Crippen molar-refractivity contribution >= 4 is 17.3 Å². The molecule has 1 aromatic carbocycles. The highest BCUT2D eigenvalue weighted by molar-refractivity contribution is 5.64. The average molecular weight is 328 g/mol. The van der Waals surface area contributed by atoms with Gasteiger partial charge in [-0.2, -0.15) is 0 Å². The van der Waals surface area contributed by atoms with Gasteiger partial charge in [0.25, 0.3) is 0 Å². The van der Waals surface area contributed by atoms with Crippen LogP contribution in [0.15, 0.2) is 46.9 Å². The third-order valence-corrected chi connectivity index (χ3v) is 4.14. The first-order chi connectivity index (χ1) is 11.7. The van der Waals surface area contributed by atoms with Gasteiger partial charge in [0.15, 0.2) is 0 Å². The fourth-order valence-corrected chi connectivity index (χ4v) is 2.66. The fourth-order valence-electron chi connectivity index (χ4n) is 2.66. The molecule has 0 radical (unpaired) electrons. The number of nitrogens with zero attached hydrogens (tertiary/aromatic N) is 4. The van der Waals surface area contributed by atoms with Crippen LogP contribution in [-0.4, -0.2) is 11.1 Å². The molecule has 5 heteroatoms. The number of nitrogens with one attached hydrogen (secondary N) is 1. The van der Waals surface area contributed by atoms with Gasteiger partial charge >= 0.3 is 5.95 Å². The van der Waals surface area contributed by atoms with Crippen LogP contribution in [0.3, 0.4) is 0 Å². The Morgan fingerprint density at radius 3 is 2.54 bits per heavy atom. The molecule has 0 atom stereocenters. The Bertz CT molecular complexity index is 625. The minimum absolute atomic E-state index is 0.820. The Morgan fingerprint density at radius 1 is 1.04 bits per heavy atom. The smallest absolute Gasteiger partial charge is 0.383 e. The zero-order chi connectivity index (χ0) is 17.2. The Hall–Kier alpha value is -2.17. The monoisotopic (exact) mass is 328 g/mol. The lowest BCUT2D eigenvalue weighted by Crippen LogP contribution is -2.25. The molecule has 2 rings (SSSR count). The predicted molar refractivity (Wildman–Crippen MR) is 99.1 cm³/mol. The Balaban J connectivity index is 1.88. The number of aryl methyl sites for hydroxylation is 2. The number of hydrogen-bond donors (Lipinski definition) is 1. The van der Waals surface area contributed by atoms with Crippen molar-refractivity contribution in [3.05, 3.63) is 36.7 Å². The van der Waals surface area contributed by atoms with Crippen molar-refractivity contribution < 1.29 is 4.57 Å². The standard InChI is InChI=1S/C19H29N5/c1-4-5-6-7-8-11-14-20-17-12-9-10-13-18(17)21-22-19-23(2)15-16-24(19)3/h9-10,12-13,15-16H,4-8,11,14H2,1-3H3/p+1. The van der Waals surface area contributed by atoms with Gasteiger partial charge in [0.05, 0.1) is 32.2 Å². The van der Waals surface area contributed by atoms with E-state index in [4.69, 9.17) is 0 Å². The maximum absolute atomic E-state index is 4.43. The van der Waals surface area contributed by atoms with Crippen LogP contribution in [0, 0.1) is 0 Å². The van der Waals surface area contributed by atoms with Crippen LogP contribution in [0.4, 0.5) is 17.3 Å². The normalized spacial score (nSPS) is 11.3. The third-order valence-electron chi connectivity index (χ3n) is 4.14. The minimum Gasteiger partial charge on any atom is -0.383 e. The van der Waals surface area contributed by atoms with Crippen molar-refractivity contribution in [1.82, 2.24) is 4.57 Å². The molecule has 0 saturated carbocycles. The number of benzene rings is 1. The second-order valence-corrected chi connectivity index (χ2v) is 6.23. The van der Waals surface area contributed by atoms with E-state index in [0.29, 0.717) is 0 Å². The van der Waals surface area contributed by atoms with Crippen molar-refractivity contribution in [1.29, 1.82) is 0 Å². The topological polar surface area (TPSA) is 45.6 Å². The molecule has 0 unspecified atom stereocenters. The molecule has 5 nitrogen and oxygen atoms in total. The number of anilines is 1. The summed E-state index contributed by atoms with van der Waals surface area (Å²) < 4.78 is 3.91. The first-order valence-electron chi connectivity index (χ1n) is 8.98. The summed E-state index contributed by atoms with van der Waals surface area (Å²) in [6, 6.07) is 8.09. The number of unbranched alkanes of at least 4 members (excludes halogenated alkanes) is 5. The SMILES string of the molecule is CCCCCCCCNc1ccccc1N=Nc1n(C)cc[n+]1C. The molecular formula is C19H30N5+. The van der Waals surface area contributed by atoms with Crippen molar-refractivity contribution in [2.24, 2.45) is 24.3 Å². The molecule has 2 aromatic rings. The summed E-state index contributed by atoms with van der Waals surface area (Å²) in [4.78, 5) is 0. The van der Waals surface area contributed by atoms with Crippen molar-refractivity contribution in [2.45, 2.75) is 45.4 Å². The van der Waals surface area contributed by atoms with E-state index < -0.39 is 0 Å². The highest BCUT2D eigenvalue weighted by atomic mass is 15.3. The minimum atomic E-state index is 0.820. The lowest BCUT2D eigenvalue weighted by atomic mass is 10.1. The molecular weight excluding hydrogens is 298 g/mol. The van der Waals surface area contributed by atoms with Gasteiger partial charge in [-0.25, -0.2) is 9.13 Å². The van der Waals surface area contributed by atoms with E-state index in [1.807, 2.05) is 53.8 Å². The number of rotatable bonds is 10. The van der Waals surface area contributed by atoms with Gasteiger partial charge in [-0.05, 0) is 18.6 Å². The second-order valence-electron chi connectivity index (χ2n) is 6.23. The average Bonchev–Trinajstić information content (AvgIpc) is 2.91. The van der Waals surface area contributed by atoms with Crippen molar-refractivity contribution in [2.75, 3.05) is 11.9 Å². The van der Waals surface area contributed by atoms with Gasteiger partial charge in [0.1, 0.15) is 5.69 Å². The first kappa shape index (κ1) is 18.2. The fraction of sp³-hybridized carbons (Fsp3) is 0.526. The summed E-state index contributed by atoms with van der Waals surface area (Å²) in [5, 5.41) is 12.3. The van der Waals surface area contributed by atoms with E-state index in [1.54, 1.807) is 0 Å². The summed E-state index contributed by atoms with van der Waals surface area (Å²) in [7, 11) is 3.94. The van der Waals surface area contributed by atoms with E-state index in [1.165, 1.54) is 38.5 Å². The largest absolute Gasteiger partial charge is 0.421 e. The molecule has 0 bridgehead atoms. The highest BCUT2D eigenvalue weighted by Gasteiger charge is 2.11. The molecule has 1 aromatic heterocycles. The van der Waals surface area contributed by atoms with Gasteiger partial charge in [0, 0.05) is 11.7 Å². The summed E-state index contributed by atoms with van der Waals surface area (Å²) >= 11 is 0. The molecule has 0 aliphatic heterocycles. The number of azo groups is 1. The van der Waals surface area contributed by atoms with Gasteiger partial charge in [-0.1, -0.05) is 56.3 Å². The van der Waals surface area contributed by atoms with Crippen LogP contribution in [0.1, 0.15) is 45.4 Å². The molecule has 0 aliphatic carbocycles. The summed E-state index contributed by atoms with van der Waals surface area (Å²) in [5.74, 6) is 0.820. The maximum Gasteiger partial charge on any atom is 0.421 e. The Morgan fingerprint density at radius 2 is 1.79 bits per heavy atom. The lowest BCUT2D eigenvalue weighted by Gasteiger charge is -2.07. The second kappa shape index (κ2) is 9.85. The zero-order valence-corrected chi connectivity index (χ0v) is 15.2. The van der Waals surface area contributed by atoms with Gasteiger partial charge in [0.2, 0.25) is 0 Å². The van der Waals surface area contributed by atoms with Crippen LogP contribution < -0.4 is 9.88 Å². The zero-order valence-electron chi connectivity index (χ0n) is 15.2. The van der Waals surface area contributed by atoms with Crippen molar-refractivity contribution in [3.63, 3.8) is 0 Å². The van der Waals surface area contributed by atoms with E-state index in [2.05, 4.69) is 28.5 Å². The molecule has 24 heavy (non-hydrogen) atoms. The molecule has 0 fully saturated rings. The lowest BCUT2D eigenvalue weighted by molar-refractivity contribution is -0.657. The van der Waals surface area contributed by atoms with E-state index >= 15 is 0 Å². The van der Waals surface area contributed by atoms with Crippen LogP contribution in [-0.2, 0) is 14.1 Å². The summed E-state index contributed by atoms with van der Waals surface area (Å²) in [6.07, 6.45) is 11.8. The van der Waals surface area contributed by atoms with Gasteiger partial charge < -0.3 is 5.32 Å². The predicted octanol–water partition coefficient (Wildman–Crippen LogP) is 5.04. The van der Waals surface area contributed by atoms with Gasteiger partial charge in [-0.3, -0.25) is 0 Å². The Kier molecular flexibility index (Phi) is 7.46. The van der Waals surface area contributed by atoms with E-state index in [-0.39, 0.29) is 0 Å². The van der Waals surface area contributed by atoms with Crippen LogP contribution in [0.5, 0.6) is 0 Å². The molecule has 0 spiro atoms. The quantitative estimate of drug-likeness (QED) is 0.371. The van der Waals surface area contributed by atoms with Crippen LogP contribution in [0.25, 0.3) is 0 Å². The Labute approximate surface area is 145 Å². The number of hydrogen-bond acceptors (Lipinski definition) is 3. The molecule has 130 valence electrons. The molecule has 1 N–H and O–H groups in total. The van der Waals surface area contributed by atoms with Gasteiger partial charge in [-0.15, -0.1) is 0 Å². The summed E-state index contributed by atoms with van der Waals surface area (Å²) in [5.41, 5.74) is 1.93. The molecule has 0 saturated heterocycles. The van der Waals surface area contributed by atoms with Crippen LogP contribution >= 0.6 is 0 Å². The third kappa shape index (κ3) is 5.48. The maximum atomic E-state index is 4.43. The first-order valence-corrected chi connectivity index (χ1v) is 8.98. The number of aromatic nitrogens is 2. The van der Waals surface area contributed by atoms with E-state index in [9.17, 15) is 0 Å². The van der Waals surface area contributed by atoms with Crippen molar-refractivity contribution in [3.8, 4) is 0 Å². The molecule has 0 amide bonds. The molecule has 1 heterocycles. The highest BCUT2D eigenvalue weighted by Crippen LogP contribution is 2.25. The number of imidazole rings is 1.